The Labute approximate surface area is 109 Å². The van der Waals surface area contributed by atoms with E-state index in [1.165, 1.54) is 12.3 Å². The summed E-state index contributed by atoms with van der Waals surface area (Å²) in [6, 6.07) is 6.48. The number of nitrogens with one attached hydrogen (secondary N) is 2. The van der Waals surface area contributed by atoms with Gasteiger partial charge in [0.05, 0.1) is 18.4 Å². The highest BCUT2D eigenvalue weighted by Gasteiger charge is 2.11. The molecule has 2 rings (SSSR count). The summed E-state index contributed by atoms with van der Waals surface area (Å²) in [6.07, 6.45) is 1.31. The van der Waals surface area contributed by atoms with Gasteiger partial charge in [0.1, 0.15) is 0 Å². The molecule has 0 aliphatic carbocycles. The predicted molar refractivity (Wildman–Crippen MR) is 66.7 cm³/mol. The molecule has 7 heteroatoms. The van der Waals surface area contributed by atoms with Gasteiger partial charge in [0.2, 0.25) is 0 Å². The second-order valence-corrected chi connectivity index (χ2v) is 3.61. The molecule has 0 fully saturated rings. The molecular formula is C12H12N4O3. The van der Waals surface area contributed by atoms with Gasteiger partial charge >= 0.3 is 5.97 Å². The monoisotopic (exact) mass is 260 g/mol. The van der Waals surface area contributed by atoms with Gasteiger partial charge in [-0.15, -0.1) is 0 Å². The first kappa shape index (κ1) is 12.7. The number of hydrogen-bond acceptors (Lipinski definition) is 5. The Kier molecular flexibility index (Phi) is 3.87. The summed E-state index contributed by atoms with van der Waals surface area (Å²) >= 11 is 0. The Bertz CT molecular complexity index is 580. The van der Waals surface area contributed by atoms with Crippen LogP contribution >= 0.6 is 0 Å². The quantitative estimate of drug-likeness (QED) is 0.806. The Morgan fingerprint density at radius 1 is 1.42 bits per heavy atom. The molecule has 0 radical (unpaired) electrons. The molecule has 0 bridgehead atoms. The van der Waals surface area contributed by atoms with E-state index in [9.17, 15) is 9.59 Å². The average Bonchev–Trinajstić information content (AvgIpc) is 2.93. The zero-order chi connectivity index (χ0) is 13.7. The maximum Gasteiger partial charge on any atom is 0.338 e. The molecule has 0 spiro atoms. The number of hydrogen-bond donors (Lipinski definition) is 2. The number of ether oxygens (including phenoxy) is 1. The van der Waals surface area contributed by atoms with Crippen molar-refractivity contribution in [2.75, 3.05) is 11.9 Å². The third-order valence-corrected chi connectivity index (χ3v) is 2.28. The summed E-state index contributed by atoms with van der Waals surface area (Å²) < 4.78 is 4.88. The Hall–Kier alpha value is -2.70. The highest BCUT2D eigenvalue weighted by atomic mass is 16.5. The fourth-order valence-electron chi connectivity index (χ4n) is 1.44. The fraction of sp³-hybridized carbons (Fsp3) is 0.167. The average molecular weight is 260 g/mol. The lowest BCUT2D eigenvalue weighted by atomic mass is 10.2. The number of nitrogens with zero attached hydrogens (tertiary/aromatic N) is 2. The summed E-state index contributed by atoms with van der Waals surface area (Å²) in [5.74, 6) is -0.838. The van der Waals surface area contributed by atoms with Crippen LogP contribution in [0.3, 0.4) is 0 Å². The molecule has 1 aromatic carbocycles. The lowest BCUT2D eigenvalue weighted by Gasteiger charge is -2.05. The number of aromatic amines is 1. The largest absolute Gasteiger partial charge is 0.462 e. The number of carbonyl (C=O) groups is 2. The highest BCUT2D eigenvalue weighted by Crippen LogP contribution is 2.12. The number of anilines is 1. The molecule has 1 amide bonds. The molecule has 2 N–H and O–H groups in total. The first-order chi connectivity index (χ1) is 9.20. The zero-order valence-corrected chi connectivity index (χ0v) is 10.2. The van der Waals surface area contributed by atoms with Crippen LogP contribution in [0.2, 0.25) is 0 Å². The highest BCUT2D eigenvalue weighted by molar-refractivity contribution is 6.03. The minimum absolute atomic E-state index is 0.168. The molecule has 1 heterocycles. The number of amides is 1. The van der Waals surface area contributed by atoms with E-state index in [1.807, 2.05) is 0 Å². The van der Waals surface area contributed by atoms with E-state index in [0.717, 1.165) is 0 Å². The molecule has 0 saturated heterocycles. The van der Waals surface area contributed by atoms with Crippen molar-refractivity contribution in [2.24, 2.45) is 0 Å². The Morgan fingerprint density at radius 3 is 2.95 bits per heavy atom. The summed E-state index contributed by atoms with van der Waals surface area (Å²) in [7, 11) is 0. The first-order valence-corrected chi connectivity index (χ1v) is 5.65. The van der Waals surface area contributed by atoms with Gasteiger partial charge in [0, 0.05) is 5.69 Å². The lowest BCUT2D eigenvalue weighted by molar-refractivity contribution is 0.0526. The molecular weight excluding hydrogens is 248 g/mol. The van der Waals surface area contributed by atoms with Crippen molar-refractivity contribution in [1.82, 2.24) is 15.4 Å². The van der Waals surface area contributed by atoms with E-state index in [4.69, 9.17) is 4.74 Å². The Balaban J connectivity index is 2.11. The Morgan fingerprint density at radius 2 is 2.26 bits per heavy atom. The van der Waals surface area contributed by atoms with Crippen LogP contribution in [0.25, 0.3) is 0 Å². The van der Waals surface area contributed by atoms with Gasteiger partial charge in [-0.05, 0) is 25.1 Å². The van der Waals surface area contributed by atoms with E-state index < -0.39 is 11.9 Å². The van der Waals surface area contributed by atoms with Gasteiger partial charge in [-0.25, -0.2) is 4.79 Å². The second kappa shape index (κ2) is 5.76. The molecule has 0 saturated carbocycles. The maximum absolute atomic E-state index is 11.7. The fourth-order valence-corrected chi connectivity index (χ4v) is 1.44. The molecule has 0 unspecified atom stereocenters. The topological polar surface area (TPSA) is 97.0 Å². The molecule has 0 aliphatic heterocycles. The van der Waals surface area contributed by atoms with E-state index in [1.54, 1.807) is 25.1 Å². The summed E-state index contributed by atoms with van der Waals surface area (Å²) in [6.45, 7) is 2.03. The van der Waals surface area contributed by atoms with Crippen LogP contribution < -0.4 is 5.32 Å². The standard InChI is InChI=1S/C12H12N4O3/c1-2-19-12(18)8-4-3-5-9(6-8)14-11(17)10-7-13-16-15-10/h3-7H,2H2,1H3,(H,14,17)(H,13,15,16). The summed E-state index contributed by atoms with van der Waals surface area (Å²) in [5.41, 5.74) is 1.03. The van der Waals surface area contributed by atoms with Crippen molar-refractivity contribution in [3.8, 4) is 0 Å². The number of esters is 1. The van der Waals surface area contributed by atoms with Crippen LogP contribution in [-0.4, -0.2) is 33.9 Å². The molecule has 19 heavy (non-hydrogen) atoms. The summed E-state index contributed by atoms with van der Waals surface area (Å²) in [4.78, 5) is 23.3. The SMILES string of the molecule is CCOC(=O)c1cccc(NC(=O)c2cn[nH]n2)c1. The smallest absolute Gasteiger partial charge is 0.338 e. The van der Waals surface area contributed by atoms with Crippen molar-refractivity contribution in [1.29, 1.82) is 0 Å². The number of carbonyl (C=O) groups excluding carboxylic acids is 2. The third-order valence-electron chi connectivity index (χ3n) is 2.28. The first-order valence-electron chi connectivity index (χ1n) is 5.65. The van der Waals surface area contributed by atoms with Crippen molar-refractivity contribution >= 4 is 17.6 Å². The van der Waals surface area contributed by atoms with Gasteiger partial charge in [-0.2, -0.15) is 15.4 Å². The molecule has 98 valence electrons. The van der Waals surface area contributed by atoms with Gasteiger partial charge < -0.3 is 10.1 Å². The van der Waals surface area contributed by atoms with Crippen molar-refractivity contribution < 1.29 is 14.3 Å². The van der Waals surface area contributed by atoms with Crippen LogP contribution in [0.4, 0.5) is 5.69 Å². The van der Waals surface area contributed by atoms with E-state index in [0.29, 0.717) is 17.9 Å². The molecule has 0 atom stereocenters. The van der Waals surface area contributed by atoms with Crippen molar-refractivity contribution in [3.63, 3.8) is 0 Å². The minimum Gasteiger partial charge on any atom is -0.462 e. The molecule has 2 aromatic rings. The van der Waals surface area contributed by atoms with E-state index >= 15 is 0 Å². The van der Waals surface area contributed by atoms with Crippen LogP contribution in [0.5, 0.6) is 0 Å². The van der Waals surface area contributed by atoms with Crippen molar-refractivity contribution in [3.05, 3.63) is 41.7 Å². The normalized spacial score (nSPS) is 9.95. The third kappa shape index (κ3) is 3.15. The van der Waals surface area contributed by atoms with Crippen LogP contribution in [0.1, 0.15) is 27.8 Å². The number of H-pyrrole nitrogens is 1. The second-order valence-electron chi connectivity index (χ2n) is 3.61. The van der Waals surface area contributed by atoms with Crippen LogP contribution in [-0.2, 0) is 4.74 Å². The number of rotatable bonds is 4. The van der Waals surface area contributed by atoms with Crippen molar-refractivity contribution in [2.45, 2.75) is 6.92 Å². The predicted octanol–water partition coefficient (Wildman–Crippen LogP) is 1.23. The van der Waals surface area contributed by atoms with Gasteiger partial charge in [0.15, 0.2) is 5.69 Å². The van der Waals surface area contributed by atoms with Gasteiger partial charge in [0.25, 0.3) is 5.91 Å². The summed E-state index contributed by atoms with van der Waals surface area (Å²) in [5, 5.41) is 12.2. The van der Waals surface area contributed by atoms with E-state index in [2.05, 4.69) is 20.7 Å². The van der Waals surface area contributed by atoms with Gasteiger partial charge in [-0.1, -0.05) is 6.07 Å². The number of aromatic nitrogens is 3. The molecule has 1 aromatic heterocycles. The lowest BCUT2D eigenvalue weighted by Crippen LogP contribution is -2.13. The van der Waals surface area contributed by atoms with Gasteiger partial charge in [-0.3, -0.25) is 4.79 Å². The zero-order valence-electron chi connectivity index (χ0n) is 10.2. The minimum atomic E-state index is -0.431. The van der Waals surface area contributed by atoms with E-state index in [-0.39, 0.29) is 5.69 Å². The number of benzene rings is 1. The van der Waals surface area contributed by atoms with Crippen LogP contribution in [0.15, 0.2) is 30.5 Å². The maximum atomic E-state index is 11.7. The molecule has 7 nitrogen and oxygen atoms in total. The van der Waals surface area contributed by atoms with Crippen LogP contribution in [0, 0.1) is 0 Å². The molecule has 0 aliphatic rings.